The van der Waals surface area contributed by atoms with Gasteiger partial charge in [-0.2, -0.15) is 0 Å². The number of nitrogens with one attached hydrogen (secondary N) is 1. The van der Waals surface area contributed by atoms with Crippen molar-refractivity contribution in [2.45, 2.75) is 40.4 Å². The van der Waals surface area contributed by atoms with Crippen molar-refractivity contribution in [3.63, 3.8) is 0 Å². The summed E-state index contributed by atoms with van der Waals surface area (Å²) in [6.45, 7) is 5.02. The molecule has 0 saturated heterocycles. The fourth-order valence-corrected chi connectivity index (χ4v) is 4.03. The predicted molar refractivity (Wildman–Crippen MR) is 135 cm³/mol. The highest BCUT2D eigenvalue weighted by atomic mass is 16.5. The van der Waals surface area contributed by atoms with Gasteiger partial charge in [0.1, 0.15) is 6.54 Å². The molecule has 0 fully saturated rings. The average Bonchev–Trinajstić information content (AvgIpc) is 3.30. The first-order valence-electron chi connectivity index (χ1n) is 11.5. The van der Waals surface area contributed by atoms with Crippen LogP contribution < -0.4 is 16.6 Å². The van der Waals surface area contributed by atoms with Gasteiger partial charge in [0.2, 0.25) is 0 Å². The summed E-state index contributed by atoms with van der Waals surface area (Å²) >= 11 is 0. The molecule has 2 aromatic carbocycles. The van der Waals surface area contributed by atoms with E-state index in [9.17, 15) is 19.2 Å². The van der Waals surface area contributed by atoms with Crippen molar-refractivity contribution in [1.82, 2.24) is 18.7 Å². The van der Waals surface area contributed by atoms with E-state index in [1.54, 1.807) is 4.57 Å². The van der Waals surface area contributed by atoms with Gasteiger partial charge in [0.15, 0.2) is 17.8 Å². The fourth-order valence-electron chi connectivity index (χ4n) is 4.03. The third-order valence-corrected chi connectivity index (χ3v) is 5.90. The highest BCUT2D eigenvalue weighted by Crippen LogP contribution is 2.19. The standard InChI is InChI=1S/C26H27N5O5/c1-4-29-16-27-24-23(29)25(34)31(26(35)30(24)13-19-11-6-5-7-12-19)14-21(33)36-15-20(32)28-22-17(2)9-8-10-18(22)3/h5-12,16H,4,13-15H2,1-3H3,(H,28,32). The van der Waals surface area contributed by atoms with Gasteiger partial charge in [-0.15, -0.1) is 0 Å². The Bertz CT molecular complexity index is 1530. The summed E-state index contributed by atoms with van der Waals surface area (Å²) in [7, 11) is 0. The van der Waals surface area contributed by atoms with Crippen molar-refractivity contribution in [2.24, 2.45) is 0 Å². The zero-order valence-electron chi connectivity index (χ0n) is 20.4. The van der Waals surface area contributed by atoms with Gasteiger partial charge in [0.05, 0.1) is 12.9 Å². The van der Waals surface area contributed by atoms with Gasteiger partial charge in [0, 0.05) is 12.2 Å². The summed E-state index contributed by atoms with van der Waals surface area (Å²) in [6.07, 6.45) is 1.49. The average molecular weight is 490 g/mol. The molecule has 36 heavy (non-hydrogen) atoms. The molecule has 0 aliphatic carbocycles. The largest absolute Gasteiger partial charge is 0.454 e. The molecule has 0 atom stereocenters. The minimum atomic E-state index is -0.876. The molecule has 0 saturated carbocycles. The summed E-state index contributed by atoms with van der Waals surface area (Å²) in [5.41, 5.74) is 2.37. The lowest BCUT2D eigenvalue weighted by Crippen LogP contribution is -2.43. The van der Waals surface area contributed by atoms with Crippen LogP contribution in [0.3, 0.4) is 0 Å². The number of imidazole rings is 1. The molecule has 2 aromatic heterocycles. The number of aromatic nitrogens is 4. The number of hydrogen-bond acceptors (Lipinski definition) is 6. The molecule has 10 nitrogen and oxygen atoms in total. The molecule has 1 N–H and O–H groups in total. The van der Waals surface area contributed by atoms with Gasteiger partial charge in [-0.3, -0.25) is 19.0 Å². The van der Waals surface area contributed by atoms with E-state index in [0.717, 1.165) is 21.3 Å². The number of ether oxygens (including phenoxy) is 1. The molecule has 186 valence electrons. The minimum Gasteiger partial charge on any atom is -0.454 e. The topological polar surface area (TPSA) is 117 Å². The highest BCUT2D eigenvalue weighted by molar-refractivity contribution is 5.94. The second-order valence-corrected chi connectivity index (χ2v) is 8.42. The number of rotatable bonds is 8. The second kappa shape index (κ2) is 10.4. The molecule has 2 heterocycles. The summed E-state index contributed by atoms with van der Waals surface area (Å²) in [6, 6.07) is 14.9. The third kappa shape index (κ3) is 4.97. The monoisotopic (exact) mass is 489 g/mol. The van der Waals surface area contributed by atoms with E-state index < -0.39 is 36.3 Å². The van der Waals surface area contributed by atoms with Crippen molar-refractivity contribution in [3.8, 4) is 0 Å². The molecule has 0 aliphatic rings. The molecular formula is C26H27N5O5. The lowest BCUT2D eigenvalue weighted by atomic mass is 10.1. The van der Waals surface area contributed by atoms with Crippen molar-refractivity contribution < 1.29 is 14.3 Å². The number of benzene rings is 2. The van der Waals surface area contributed by atoms with Crippen LogP contribution in [-0.4, -0.2) is 37.2 Å². The van der Waals surface area contributed by atoms with E-state index >= 15 is 0 Å². The first-order chi connectivity index (χ1) is 17.3. The molecular weight excluding hydrogens is 462 g/mol. The number of nitrogens with zero attached hydrogens (tertiary/aromatic N) is 4. The van der Waals surface area contributed by atoms with Gasteiger partial charge in [-0.05, 0) is 37.5 Å². The molecule has 0 unspecified atom stereocenters. The predicted octanol–water partition coefficient (Wildman–Crippen LogP) is 2.23. The molecule has 4 aromatic rings. The number of esters is 1. The summed E-state index contributed by atoms with van der Waals surface area (Å²) in [5.74, 6) is -1.40. The van der Waals surface area contributed by atoms with E-state index in [4.69, 9.17) is 4.74 Å². The van der Waals surface area contributed by atoms with Crippen LogP contribution in [0.1, 0.15) is 23.6 Å². The van der Waals surface area contributed by atoms with E-state index in [2.05, 4.69) is 10.3 Å². The Morgan fingerprint density at radius 1 is 0.972 bits per heavy atom. The van der Waals surface area contributed by atoms with Crippen LogP contribution in [-0.2, 0) is 34.0 Å². The zero-order chi connectivity index (χ0) is 25.8. The SMILES string of the molecule is CCn1cnc2c1c(=O)n(CC(=O)OCC(=O)Nc1c(C)cccc1C)c(=O)n2Cc1ccccc1. The number of para-hydroxylation sites is 1. The zero-order valence-corrected chi connectivity index (χ0v) is 20.4. The summed E-state index contributed by atoms with van der Waals surface area (Å²) in [5, 5.41) is 2.73. The number of carbonyl (C=O) groups excluding carboxylic acids is 2. The van der Waals surface area contributed by atoms with Crippen molar-refractivity contribution in [3.05, 3.63) is 92.4 Å². The van der Waals surface area contributed by atoms with E-state index in [-0.39, 0.29) is 17.7 Å². The van der Waals surface area contributed by atoms with Crippen molar-refractivity contribution in [1.29, 1.82) is 0 Å². The van der Waals surface area contributed by atoms with Gasteiger partial charge in [-0.1, -0.05) is 48.5 Å². The first kappa shape index (κ1) is 24.6. The Morgan fingerprint density at radius 3 is 2.33 bits per heavy atom. The van der Waals surface area contributed by atoms with Crippen molar-refractivity contribution in [2.75, 3.05) is 11.9 Å². The Hall–Kier alpha value is -4.47. The number of aryl methyl sites for hydroxylation is 3. The quantitative estimate of drug-likeness (QED) is 0.379. The Labute approximate surface area is 206 Å². The highest BCUT2D eigenvalue weighted by Gasteiger charge is 2.20. The maximum absolute atomic E-state index is 13.3. The van der Waals surface area contributed by atoms with Crippen LogP contribution >= 0.6 is 0 Å². The van der Waals surface area contributed by atoms with Crippen LogP contribution in [0.25, 0.3) is 11.2 Å². The molecule has 0 spiro atoms. The van der Waals surface area contributed by atoms with E-state index in [1.807, 2.05) is 69.3 Å². The van der Waals surface area contributed by atoms with Crippen molar-refractivity contribution >= 4 is 28.7 Å². The van der Waals surface area contributed by atoms with Crippen LogP contribution in [0.4, 0.5) is 5.69 Å². The van der Waals surface area contributed by atoms with Crippen LogP contribution in [0.5, 0.6) is 0 Å². The number of anilines is 1. The molecule has 0 bridgehead atoms. The van der Waals surface area contributed by atoms with Crippen LogP contribution in [0.2, 0.25) is 0 Å². The maximum atomic E-state index is 13.3. The lowest BCUT2D eigenvalue weighted by Gasteiger charge is -2.13. The van der Waals surface area contributed by atoms with E-state index in [1.165, 1.54) is 10.9 Å². The Balaban J connectivity index is 1.57. The first-order valence-corrected chi connectivity index (χ1v) is 11.5. The number of fused-ring (bicyclic) bond motifs is 1. The smallest absolute Gasteiger partial charge is 0.333 e. The molecule has 0 radical (unpaired) electrons. The minimum absolute atomic E-state index is 0.171. The van der Waals surface area contributed by atoms with Gasteiger partial charge in [0.25, 0.3) is 11.5 Å². The fraction of sp³-hybridized carbons (Fsp3) is 0.269. The Kier molecular flexibility index (Phi) is 7.14. The van der Waals surface area contributed by atoms with Gasteiger partial charge < -0.3 is 14.6 Å². The number of amides is 1. The van der Waals surface area contributed by atoms with E-state index in [0.29, 0.717) is 12.2 Å². The number of hydrogen-bond donors (Lipinski definition) is 1. The maximum Gasteiger partial charge on any atom is 0.333 e. The number of carbonyl (C=O) groups is 2. The summed E-state index contributed by atoms with van der Waals surface area (Å²) in [4.78, 5) is 55.7. The third-order valence-electron chi connectivity index (χ3n) is 5.90. The molecule has 0 aliphatic heterocycles. The van der Waals surface area contributed by atoms with Crippen LogP contribution in [0.15, 0.2) is 64.4 Å². The summed E-state index contributed by atoms with van der Waals surface area (Å²) < 4.78 is 8.90. The molecule has 10 heteroatoms. The normalized spacial score (nSPS) is 11.0. The molecule has 1 amide bonds. The Morgan fingerprint density at radius 2 is 1.67 bits per heavy atom. The lowest BCUT2D eigenvalue weighted by molar-refractivity contribution is -0.148. The van der Waals surface area contributed by atoms with Gasteiger partial charge >= 0.3 is 11.7 Å². The van der Waals surface area contributed by atoms with Crippen LogP contribution in [0, 0.1) is 13.8 Å². The molecule has 4 rings (SSSR count). The van der Waals surface area contributed by atoms with Gasteiger partial charge in [-0.25, -0.2) is 14.3 Å². The second-order valence-electron chi connectivity index (χ2n) is 8.42.